The lowest BCUT2D eigenvalue weighted by Crippen LogP contribution is -2.30. The molecule has 0 saturated heterocycles. The van der Waals surface area contributed by atoms with Crippen LogP contribution in [0.15, 0.2) is 35.9 Å². The van der Waals surface area contributed by atoms with Crippen LogP contribution in [0, 0.1) is 6.92 Å². The van der Waals surface area contributed by atoms with E-state index in [1.165, 1.54) is 5.41 Å². The third-order valence-electron chi connectivity index (χ3n) is 3.29. The van der Waals surface area contributed by atoms with Crippen LogP contribution in [0.5, 0.6) is 0 Å². The molecule has 3 heterocycles. The molecule has 0 amide bonds. The van der Waals surface area contributed by atoms with Crippen LogP contribution in [-0.4, -0.2) is 29.6 Å². The fourth-order valence-corrected chi connectivity index (χ4v) is 3.58. The van der Waals surface area contributed by atoms with Crippen molar-refractivity contribution in [3.05, 3.63) is 47.3 Å². The van der Waals surface area contributed by atoms with Gasteiger partial charge in [-0.25, -0.2) is 13.4 Å². The van der Waals surface area contributed by atoms with Gasteiger partial charge < -0.3 is 9.72 Å². The molecule has 1 atom stereocenters. The zero-order valence-electron chi connectivity index (χ0n) is 10.6. The van der Waals surface area contributed by atoms with Crippen molar-refractivity contribution in [2.45, 2.75) is 19.5 Å². The molecule has 3 rings (SSSR count). The molecule has 0 aliphatic carbocycles. The van der Waals surface area contributed by atoms with Crippen LogP contribution in [0.25, 0.3) is 5.65 Å². The predicted molar refractivity (Wildman–Crippen MR) is 73.5 cm³/mol. The Morgan fingerprint density at radius 1 is 1.47 bits per heavy atom. The highest BCUT2D eigenvalue weighted by Crippen LogP contribution is 2.13. The average molecular weight is 277 g/mol. The van der Waals surface area contributed by atoms with Crippen molar-refractivity contribution in [1.82, 2.24) is 14.7 Å². The van der Waals surface area contributed by atoms with E-state index in [0.29, 0.717) is 6.54 Å². The fourth-order valence-electron chi connectivity index (χ4n) is 2.31. The lowest BCUT2D eigenvalue weighted by atomic mass is 10.3. The summed E-state index contributed by atoms with van der Waals surface area (Å²) < 4.78 is 24.7. The standard InChI is InChI=1S/C13H15N3O2S/c1-10-12(16-6-3-2-4-13(16)15-10)8-14-11-5-7-19(17,18)9-11/h2-7,11,14H,8-9H2,1H3. The van der Waals surface area contributed by atoms with Gasteiger partial charge in [0.25, 0.3) is 0 Å². The van der Waals surface area contributed by atoms with Gasteiger partial charge in [0.2, 0.25) is 0 Å². The number of nitrogens with zero attached hydrogens (tertiary/aromatic N) is 2. The number of sulfone groups is 1. The van der Waals surface area contributed by atoms with Gasteiger partial charge in [0.1, 0.15) is 5.65 Å². The Morgan fingerprint density at radius 2 is 2.32 bits per heavy atom. The first-order valence-corrected chi connectivity index (χ1v) is 7.84. The number of nitrogens with one attached hydrogen (secondary N) is 1. The normalized spacial score (nSPS) is 21.2. The molecule has 1 aliphatic rings. The van der Waals surface area contributed by atoms with E-state index in [9.17, 15) is 8.42 Å². The van der Waals surface area contributed by atoms with Gasteiger partial charge in [0.15, 0.2) is 9.84 Å². The molecule has 100 valence electrons. The van der Waals surface area contributed by atoms with Crippen molar-refractivity contribution >= 4 is 15.5 Å². The van der Waals surface area contributed by atoms with Crippen molar-refractivity contribution in [3.63, 3.8) is 0 Å². The maximum atomic E-state index is 11.3. The molecule has 0 radical (unpaired) electrons. The van der Waals surface area contributed by atoms with Crippen molar-refractivity contribution in [1.29, 1.82) is 0 Å². The molecule has 5 nitrogen and oxygen atoms in total. The minimum atomic E-state index is -3.00. The van der Waals surface area contributed by atoms with Crippen LogP contribution in [0.3, 0.4) is 0 Å². The number of pyridine rings is 1. The van der Waals surface area contributed by atoms with Crippen LogP contribution >= 0.6 is 0 Å². The van der Waals surface area contributed by atoms with Gasteiger partial charge >= 0.3 is 0 Å². The topological polar surface area (TPSA) is 63.5 Å². The first kappa shape index (κ1) is 12.4. The molecular weight excluding hydrogens is 262 g/mol. The molecule has 0 saturated carbocycles. The summed E-state index contributed by atoms with van der Waals surface area (Å²) >= 11 is 0. The summed E-state index contributed by atoms with van der Waals surface area (Å²) in [4.78, 5) is 4.47. The SMILES string of the molecule is Cc1nc2ccccn2c1CNC1C=CS(=O)(=O)C1. The zero-order valence-corrected chi connectivity index (χ0v) is 11.4. The van der Waals surface area contributed by atoms with Crippen LogP contribution in [0.2, 0.25) is 0 Å². The van der Waals surface area contributed by atoms with E-state index in [2.05, 4.69) is 10.3 Å². The Morgan fingerprint density at radius 3 is 3.05 bits per heavy atom. The molecule has 0 aromatic carbocycles. The summed E-state index contributed by atoms with van der Waals surface area (Å²) in [5.41, 5.74) is 2.93. The van der Waals surface area contributed by atoms with Gasteiger partial charge in [-0.2, -0.15) is 0 Å². The largest absolute Gasteiger partial charge is 0.304 e. The number of hydrogen-bond acceptors (Lipinski definition) is 4. The first-order valence-electron chi connectivity index (χ1n) is 6.12. The van der Waals surface area contributed by atoms with Gasteiger partial charge in [-0.05, 0) is 19.1 Å². The van der Waals surface area contributed by atoms with Gasteiger partial charge in [-0.3, -0.25) is 0 Å². The molecule has 0 bridgehead atoms. The van der Waals surface area contributed by atoms with E-state index in [0.717, 1.165) is 17.0 Å². The van der Waals surface area contributed by atoms with Crippen molar-refractivity contribution in [2.75, 3.05) is 5.75 Å². The van der Waals surface area contributed by atoms with Crippen molar-refractivity contribution in [3.8, 4) is 0 Å². The van der Waals surface area contributed by atoms with Crippen molar-refractivity contribution < 1.29 is 8.42 Å². The van der Waals surface area contributed by atoms with E-state index in [-0.39, 0.29) is 11.8 Å². The number of aromatic nitrogens is 2. The molecule has 0 spiro atoms. The maximum absolute atomic E-state index is 11.3. The summed E-state index contributed by atoms with van der Waals surface area (Å²) in [6.07, 6.45) is 3.67. The minimum absolute atomic E-state index is 0.112. The molecule has 0 fully saturated rings. The van der Waals surface area contributed by atoms with Gasteiger partial charge in [0.05, 0.1) is 17.1 Å². The molecule has 1 aliphatic heterocycles. The Bertz CT molecular complexity index is 746. The highest BCUT2D eigenvalue weighted by molar-refractivity contribution is 7.94. The van der Waals surface area contributed by atoms with Crippen molar-refractivity contribution in [2.24, 2.45) is 0 Å². The predicted octanol–water partition coefficient (Wildman–Crippen LogP) is 1.04. The molecule has 1 unspecified atom stereocenters. The summed E-state index contributed by atoms with van der Waals surface area (Å²) in [7, 11) is -3.00. The summed E-state index contributed by atoms with van der Waals surface area (Å²) in [5.74, 6) is 0.142. The number of imidazole rings is 1. The molecule has 6 heteroatoms. The zero-order chi connectivity index (χ0) is 13.5. The highest BCUT2D eigenvalue weighted by atomic mass is 32.2. The monoisotopic (exact) mass is 277 g/mol. The Kier molecular flexibility index (Phi) is 2.91. The van der Waals surface area contributed by atoms with E-state index >= 15 is 0 Å². The fraction of sp³-hybridized carbons (Fsp3) is 0.308. The number of hydrogen-bond donors (Lipinski definition) is 1. The highest BCUT2D eigenvalue weighted by Gasteiger charge is 2.21. The van der Waals surface area contributed by atoms with Crippen LogP contribution < -0.4 is 5.32 Å². The van der Waals surface area contributed by atoms with E-state index in [1.54, 1.807) is 6.08 Å². The van der Waals surface area contributed by atoms with Crippen LogP contribution in [-0.2, 0) is 16.4 Å². The number of fused-ring (bicyclic) bond motifs is 1. The Labute approximate surface area is 111 Å². The second-order valence-electron chi connectivity index (χ2n) is 4.72. The number of rotatable bonds is 3. The molecule has 2 aromatic heterocycles. The average Bonchev–Trinajstić information content (AvgIpc) is 2.86. The molecule has 19 heavy (non-hydrogen) atoms. The number of aryl methyl sites for hydroxylation is 1. The lowest BCUT2D eigenvalue weighted by molar-refractivity contribution is 0.587. The molecule has 1 N–H and O–H groups in total. The van der Waals surface area contributed by atoms with Gasteiger partial charge in [0, 0.05) is 24.2 Å². The third-order valence-corrected chi connectivity index (χ3v) is 4.69. The third kappa shape index (κ3) is 2.41. The summed E-state index contributed by atoms with van der Waals surface area (Å²) in [5, 5.41) is 4.53. The maximum Gasteiger partial charge on any atom is 0.173 e. The van der Waals surface area contributed by atoms with Gasteiger partial charge in [-0.1, -0.05) is 12.1 Å². The quantitative estimate of drug-likeness (QED) is 0.910. The minimum Gasteiger partial charge on any atom is -0.304 e. The summed E-state index contributed by atoms with van der Waals surface area (Å²) in [6.45, 7) is 2.56. The van der Waals surface area contributed by atoms with Gasteiger partial charge in [-0.15, -0.1) is 0 Å². The van der Waals surface area contributed by atoms with Crippen LogP contribution in [0.4, 0.5) is 0 Å². The smallest absolute Gasteiger partial charge is 0.173 e. The molecule has 2 aromatic rings. The van der Waals surface area contributed by atoms with E-state index in [4.69, 9.17) is 0 Å². The molecular formula is C13H15N3O2S. The Hall–Kier alpha value is -1.66. The van der Waals surface area contributed by atoms with E-state index < -0.39 is 9.84 Å². The van der Waals surface area contributed by atoms with Crippen LogP contribution in [0.1, 0.15) is 11.4 Å². The lowest BCUT2D eigenvalue weighted by Gasteiger charge is -2.10. The Balaban J connectivity index is 1.79. The summed E-state index contributed by atoms with van der Waals surface area (Å²) in [6, 6.07) is 5.75. The van der Waals surface area contributed by atoms with E-state index in [1.807, 2.05) is 35.7 Å². The second kappa shape index (κ2) is 4.47. The second-order valence-corrected chi connectivity index (χ2v) is 6.65. The first-order chi connectivity index (χ1) is 9.05.